The van der Waals surface area contributed by atoms with E-state index in [1.54, 1.807) is 25.3 Å². The van der Waals surface area contributed by atoms with E-state index in [2.05, 4.69) is 5.10 Å². The minimum Gasteiger partial charge on any atom is -0.495 e. The highest BCUT2D eigenvalue weighted by Crippen LogP contribution is 2.30. The van der Waals surface area contributed by atoms with Crippen LogP contribution in [0, 0.1) is 0 Å². The molecule has 1 N–H and O–H groups in total. The SMILES string of the molecule is CCc1cc(C(O)c2ccc(Cl)c(OC)c2)n(CC)n1. The van der Waals surface area contributed by atoms with Gasteiger partial charge in [0.15, 0.2) is 0 Å². The number of hydrogen-bond acceptors (Lipinski definition) is 3. The van der Waals surface area contributed by atoms with Crippen LogP contribution in [0.15, 0.2) is 24.3 Å². The van der Waals surface area contributed by atoms with Crippen molar-refractivity contribution in [2.45, 2.75) is 32.9 Å². The van der Waals surface area contributed by atoms with E-state index in [0.29, 0.717) is 10.8 Å². The molecule has 2 aromatic rings. The van der Waals surface area contributed by atoms with Gasteiger partial charge in [0.2, 0.25) is 0 Å². The fourth-order valence-corrected chi connectivity index (χ4v) is 2.34. The van der Waals surface area contributed by atoms with Crippen LogP contribution in [0.2, 0.25) is 5.02 Å². The minimum atomic E-state index is -0.742. The molecule has 0 aliphatic heterocycles. The molecule has 1 unspecified atom stereocenters. The van der Waals surface area contributed by atoms with E-state index in [4.69, 9.17) is 16.3 Å². The van der Waals surface area contributed by atoms with Crippen LogP contribution in [0.25, 0.3) is 0 Å². The first-order valence-corrected chi connectivity index (χ1v) is 7.06. The highest BCUT2D eigenvalue weighted by Gasteiger charge is 2.18. The fourth-order valence-electron chi connectivity index (χ4n) is 2.15. The Hall–Kier alpha value is -1.52. The Morgan fingerprint density at radius 1 is 1.35 bits per heavy atom. The molecule has 108 valence electrons. The van der Waals surface area contributed by atoms with Gasteiger partial charge in [0.25, 0.3) is 0 Å². The molecule has 4 nitrogen and oxygen atoms in total. The van der Waals surface area contributed by atoms with E-state index in [1.165, 1.54) is 0 Å². The molecule has 0 saturated heterocycles. The van der Waals surface area contributed by atoms with Crippen LogP contribution in [-0.2, 0) is 13.0 Å². The summed E-state index contributed by atoms with van der Waals surface area (Å²) in [6.45, 7) is 4.77. The third kappa shape index (κ3) is 2.81. The lowest BCUT2D eigenvalue weighted by Crippen LogP contribution is -2.09. The van der Waals surface area contributed by atoms with Crippen LogP contribution in [0.5, 0.6) is 5.75 Å². The summed E-state index contributed by atoms with van der Waals surface area (Å²) >= 11 is 6.01. The maximum Gasteiger partial charge on any atom is 0.137 e. The molecule has 0 bridgehead atoms. The number of aliphatic hydroxyl groups is 1. The highest BCUT2D eigenvalue weighted by molar-refractivity contribution is 6.32. The predicted molar refractivity (Wildman–Crippen MR) is 79.3 cm³/mol. The molecule has 5 heteroatoms. The standard InChI is InChI=1S/C15H19ClN2O2/c1-4-11-9-13(18(5-2)17-11)15(19)10-6-7-12(16)14(8-10)20-3/h6-9,15,19H,4-5H2,1-3H3. The summed E-state index contributed by atoms with van der Waals surface area (Å²) in [5.41, 5.74) is 2.50. The smallest absolute Gasteiger partial charge is 0.137 e. The van der Waals surface area contributed by atoms with Gasteiger partial charge in [-0.2, -0.15) is 5.10 Å². The normalized spacial score (nSPS) is 12.4. The van der Waals surface area contributed by atoms with Crippen LogP contribution in [0.1, 0.15) is 36.9 Å². The van der Waals surface area contributed by atoms with Crippen molar-refractivity contribution >= 4 is 11.6 Å². The minimum absolute atomic E-state index is 0.529. The molecule has 1 aromatic heterocycles. The van der Waals surface area contributed by atoms with Gasteiger partial charge in [-0.15, -0.1) is 0 Å². The first kappa shape index (κ1) is 14.9. The summed E-state index contributed by atoms with van der Waals surface area (Å²) in [4.78, 5) is 0. The third-order valence-electron chi connectivity index (χ3n) is 3.29. The Bertz CT molecular complexity index is 596. The van der Waals surface area contributed by atoms with Gasteiger partial charge in [-0.05, 0) is 37.1 Å². The number of hydrogen-bond donors (Lipinski definition) is 1. The molecule has 20 heavy (non-hydrogen) atoms. The molecule has 2 rings (SSSR count). The molecule has 1 atom stereocenters. The molecule has 0 amide bonds. The zero-order chi connectivity index (χ0) is 14.7. The lowest BCUT2D eigenvalue weighted by molar-refractivity contribution is 0.207. The quantitative estimate of drug-likeness (QED) is 0.921. The molecule has 1 aromatic carbocycles. The summed E-state index contributed by atoms with van der Waals surface area (Å²) in [5.74, 6) is 0.557. The van der Waals surface area contributed by atoms with Crippen LogP contribution >= 0.6 is 11.6 Å². The summed E-state index contributed by atoms with van der Waals surface area (Å²) in [6, 6.07) is 7.22. The van der Waals surface area contributed by atoms with E-state index in [9.17, 15) is 5.11 Å². The van der Waals surface area contributed by atoms with Gasteiger partial charge >= 0.3 is 0 Å². The van der Waals surface area contributed by atoms with E-state index < -0.39 is 6.10 Å². The second-order valence-electron chi connectivity index (χ2n) is 4.53. The van der Waals surface area contributed by atoms with Crippen molar-refractivity contribution in [1.29, 1.82) is 0 Å². The molecule has 0 aliphatic carbocycles. The fraction of sp³-hybridized carbons (Fsp3) is 0.400. The molecule has 0 spiro atoms. The van der Waals surface area contributed by atoms with Crippen molar-refractivity contribution < 1.29 is 9.84 Å². The monoisotopic (exact) mass is 294 g/mol. The molecule has 0 saturated carbocycles. The van der Waals surface area contributed by atoms with Crippen LogP contribution in [0.3, 0.4) is 0 Å². The highest BCUT2D eigenvalue weighted by atomic mass is 35.5. The molecular weight excluding hydrogens is 276 g/mol. The lowest BCUT2D eigenvalue weighted by Gasteiger charge is -2.14. The van der Waals surface area contributed by atoms with Gasteiger partial charge in [0, 0.05) is 6.54 Å². The van der Waals surface area contributed by atoms with Gasteiger partial charge in [-0.1, -0.05) is 24.6 Å². The Labute approximate surface area is 123 Å². The number of aliphatic hydroxyl groups excluding tert-OH is 1. The number of ether oxygens (including phenoxy) is 1. The predicted octanol–water partition coefficient (Wildman–Crippen LogP) is 3.21. The molecule has 0 fully saturated rings. The Balaban J connectivity index is 2.40. The van der Waals surface area contributed by atoms with E-state index in [0.717, 1.165) is 29.9 Å². The Kier molecular flexibility index (Phi) is 4.68. The van der Waals surface area contributed by atoms with Crippen molar-refractivity contribution in [3.05, 3.63) is 46.2 Å². The molecular formula is C15H19ClN2O2. The van der Waals surface area contributed by atoms with E-state index in [1.807, 2.05) is 24.6 Å². The van der Waals surface area contributed by atoms with Crippen LogP contribution in [0.4, 0.5) is 0 Å². The summed E-state index contributed by atoms with van der Waals surface area (Å²) in [5, 5.41) is 15.5. The lowest BCUT2D eigenvalue weighted by atomic mass is 10.1. The second kappa shape index (κ2) is 6.29. The first-order valence-electron chi connectivity index (χ1n) is 6.68. The number of aryl methyl sites for hydroxylation is 2. The zero-order valence-corrected chi connectivity index (χ0v) is 12.7. The maximum absolute atomic E-state index is 10.6. The van der Waals surface area contributed by atoms with Crippen molar-refractivity contribution in [3.8, 4) is 5.75 Å². The van der Waals surface area contributed by atoms with Crippen LogP contribution in [-0.4, -0.2) is 22.0 Å². The third-order valence-corrected chi connectivity index (χ3v) is 3.61. The largest absolute Gasteiger partial charge is 0.495 e. The number of rotatable bonds is 5. The van der Waals surface area contributed by atoms with E-state index >= 15 is 0 Å². The topological polar surface area (TPSA) is 47.3 Å². The van der Waals surface area contributed by atoms with E-state index in [-0.39, 0.29) is 0 Å². The number of aromatic nitrogens is 2. The van der Waals surface area contributed by atoms with Crippen LogP contribution < -0.4 is 4.74 Å². The zero-order valence-electron chi connectivity index (χ0n) is 11.9. The Morgan fingerprint density at radius 3 is 2.70 bits per heavy atom. The second-order valence-corrected chi connectivity index (χ2v) is 4.93. The summed E-state index contributed by atoms with van der Waals surface area (Å²) in [7, 11) is 1.56. The van der Waals surface area contributed by atoms with Crippen molar-refractivity contribution in [2.24, 2.45) is 0 Å². The van der Waals surface area contributed by atoms with Crippen molar-refractivity contribution in [3.63, 3.8) is 0 Å². The van der Waals surface area contributed by atoms with Gasteiger partial charge in [0.1, 0.15) is 11.9 Å². The first-order chi connectivity index (χ1) is 9.60. The number of methoxy groups -OCH3 is 1. The van der Waals surface area contributed by atoms with Crippen molar-refractivity contribution in [1.82, 2.24) is 9.78 Å². The summed E-state index contributed by atoms with van der Waals surface area (Å²) < 4.78 is 7.01. The van der Waals surface area contributed by atoms with Gasteiger partial charge < -0.3 is 9.84 Å². The Morgan fingerprint density at radius 2 is 2.10 bits per heavy atom. The number of nitrogens with zero attached hydrogens (tertiary/aromatic N) is 2. The number of benzene rings is 1. The van der Waals surface area contributed by atoms with Gasteiger partial charge in [0.05, 0.1) is 23.5 Å². The molecule has 0 radical (unpaired) electrons. The molecule has 1 heterocycles. The maximum atomic E-state index is 10.6. The van der Waals surface area contributed by atoms with Crippen molar-refractivity contribution in [2.75, 3.05) is 7.11 Å². The average molecular weight is 295 g/mol. The van der Waals surface area contributed by atoms with Gasteiger partial charge in [-0.25, -0.2) is 0 Å². The number of halogens is 1. The average Bonchev–Trinajstić information content (AvgIpc) is 2.90. The summed E-state index contributed by atoms with van der Waals surface area (Å²) in [6.07, 6.45) is 0.102. The molecule has 0 aliphatic rings. The van der Waals surface area contributed by atoms with Gasteiger partial charge in [-0.3, -0.25) is 4.68 Å².